The molecule has 0 spiro atoms. The number of ether oxygens (including phenoxy) is 1. The highest BCUT2D eigenvalue weighted by atomic mass is 16.5. The normalized spacial score (nSPS) is 11.9. The van der Waals surface area contributed by atoms with Gasteiger partial charge in [-0.15, -0.1) is 0 Å². The topological polar surface area (TPSA) is 75.6 Å². The monoisotopic (exact) mass is 315 g/mol. The van der Waals surface area contributed by atoms with Gasteiger partial charge in [0, 0.05) is 12.0 Å². The Morgan fingerprint density at radius 1 is 1.17 bits per heavy atom. The average Bonchev–Trinajstić information content (AvgIpc) is 2.58. The molecule has 5 heteroatoms. The summed E-state index contributed by atoms with van der Waals surface area (Å²) < 4.78 is 5.05. The maximum absolute atomic E-state index is 12.4. The van der Waals surface area contributed by atoms with Crippen LogP contribution in [0.2, 0.25) is 0 Å². The molecule has 0 saturated carbocycles. The second-order valence-corrected chi connectivity index (χ2v) is 5.31. The summed E-state index contributed by atoms with van der Waals surface area (Å²) in [6.45, 7) is 1.55. The molecule has 122 valence electrons. The van der Waals surface area contributed by atoms with E-state index in [1.165, 1.54) is 0 Å². The van der Waals surface area contributed by atoms with E-state index in [-0.39, 0.29) is 25.1 Å². The van der Waals surface area contributed by atoms with Gasteiger partial charge in [-0.25, -0.2) is 0 Å². The number of hydrogen-bond donors (Lipinski definition) is 2. The lowest BCUT2D eigenvalue weighted by molar-refractivity contribution is -0.144. The van der Waals surface area contributed by atoms with Crippen LogP contribution >= 0.6 is 0 Å². The highest BCUT2D eigenvalue weighted by Crippen LogP contribution is 2.18. The Morgan fingerprint density at radius 3 is 2.65 bits per heavy atom. The van der Waals surface area contributed by atoms with Crippen molar-refractivity contribution >= 4 is 22.6 Å². The Hall–Kier alpha value is -2.40. The van der Waals surface area contributed by atoms with E-state index < -0.39 is 6.04 Å². The van der Waals surface area contributed by atoms with Crippen LogP contribution in [0.1, 0.15) is 30.1 Å². The van der Waals surface area contributed by atoms with Gasteiger partial charge < -0.3 is 15.2 Å². The lowest BCUT2D eigenvalue weighted by Crippen LogP contribution is -2.41. The third-order valence-corrected chi connectivity index (χ3v) is 3.49. The molecule has 2 aromatic rings. The molecule has 0 aliphatic carbocycles. The average molecular weight is 315 g/mol. The molecule has 0 saturated heterocycles. The predicted octanol–water partition coefficient (Wildman–Crippen LogP) is 2.27. The van der Waals surface area contributed by atoms with Gasteiger partial charge in [0.2, 0.25) is 0 Å². The zero-order valence-corrected chi connectivity index (χ0v) is 13.1. The molecule has 2 rings (SSSR count). The minimum atomic E-state index is -0.623. The van der Waals surface area contributed by atoms with E-state index in [0.717, 1.165) is 10.8 Å². The molecule has 0 bridgehead atoms. The second kappa shape index (κ2) is 8.29. The number of rotatable bonds is 7. The van der Waals surface area contributed by atoms with Crippen molar-refractivity contribution in [2.45, 2.75) is 25.8 Å². The lowest BCUT2D eigenvalue weighted by Gasteiger charge is -2.17. The second-order valence-electron chi connectivity index (χ2n) is 5.31. The van der Waals surface area contributed by atoms with Crippen LogP contribution in [0.15, 0.2) is 42.5 Å². The van der Waals surface area contributed by atoms with Crippen molar-refractivity contribution in [3.8, 4) is 0 Å². The number of aliphatic hydroxyl groups excluding tert-OH is 1. The first-order chi connectivity index (χ1) is 11.2. The molecule has 1 amide bonds. The number of carbonyl (C=O) groups excluding carboxylic acids is 2. The van der Waals surface area contributed by atoms with Gasteiger partial charge in [-0.2, -0.15) is 0 Å². The molecule has 2 N–H and O–H groups in total. The Bertz CT molecular complexity index is 678. The van der Waals surface area contributed by atoms with E-state index in [1.54, 1.807) is 6.07 Å². The van der Waals surface area contributed by atoms with E-state index in [9.17, 15) is 14.7 Å². The minimum absolute atomic E-state index is 0.0359. The van der Waals surface area contributed by atoms with E-state index in [0.29, 0.717) is 18.4 Å². The summed E-state index contributed by atoms with van der Waals surface area (Å²) in [5.74, 6) is -0.627. The van der Waals surface area contributed by atoms with E-state index in [1.807, 2.05) is 43.3 Å². The first kappa shape index (κ1) is 17.0. The fraction of sp³-hybridized carbons (Fsp3) is 0.333. The Morgan fingerprint density at radius 2 is 1.91 bits per heavy atom. The van der Waals surface area contributed by atoms with Crippen LogP contribution in [0.4, 0.5) is 0 Å². The first-order valence-corrected chi connectivity index (χ1v) is 7.70. The van der Waals surface area contributed by atoms with Crippen molar-refractivity contribution in [3.05, 3.63) is 48.0 Å². The molecule has 0 aromatic heterocycles. The smallest absolute Gasteiger partial charge is 0.305 e. The maximum Gasteiger partial charge on any atom is 0.305 e. The summed E-state index contributed by atoms with van der Waals surface area (Å²) in [6.07, 6.45) is 1.03. The van der Waals surface area contributed by atoms with E-state index >= 15 is 0 Å². The summed E-state index contributed by atoms with van der Waals surface area (Å²) in [6, 6.07) is 12.4. The molecule has 5 nitrogen and oxygen atoms in total. The van der Waals surface area contributed by atoms with Crippen LogP contribution in [0.25, 0.3) is 10.8 Å². The number of carbonyl (C=O) groups is 2. The molecule has 23 heavy (non-hydrogen) atoms. The lowest BCUT2D eigenvalue weighted by atomic mass is 10.0. The number of fused-ring (bicyclic) bond motifs is 1. The van der Waals surface area contributed by atoms with Gasteiger partial charge in [0.15, 0.2) is 0 Å². The zero-order chi connectivity index (χ0) is 16.7. The van der Waals surface area contributed by atoms with Crippen LogP contribution in [0.3, 0.4) is 0 Å². The SMILES string of the molecule is CCCC(=O)OC[C@H](CO)NC(=O)c1cccc2ccccc12. The van der Waals surface area contributed by atoms with Crippen LogP contribution in [0, 0.1) is 0 Å². The predicted molar refractivity (Wildman–Crippen MR) is 88.2 cm³/mol. The largest absolute Gasteiger partial charge is 0.463 e. The summed E-state index contributed by atoms with van der Waals surface area (Å²) in [4.78, 5) is 23.8. The highest BCUT2D eigenvalue weighted by molar-refractivity contribution is 6.07. The third kappa shape index (κ3) is 4.53. The van der Waals surface area contributed by atoms with Gasteiger partial charge in [0.25, 0.3) is 5.91 Å². The van der Waals surface area contributed by atoms with Crippen molar-refractivity contribution < 1.29 is 19.4 Å². The Labute approximate surface area is 135 Å². The fourth-order valence-corrected chi connectivity index (χ4v) is 2.30. The van der Waals surface area contributed by atoms with Gasteiger partial charge in [0.1, 0.15) is 6.61 Å². The zero-order valence-electron chi connectivity index (χ0n) is 13.1. The van der Waals surface area contributed by atoms with Crippen LogP contribution < -0.4 is 5.32 Å². The first-order valence-electron chi connectivity index (χ1n) is 7.70. The van der Waals surface area contributed by atoms with Crippen molar-refractivity contribution in [3.63, 3.8) is 0 Å². The highest BCUT2D eigenvalue weighted by Gasteiger charge is 2.16. The van der Waals surface area contributed by atoms with Gasteiger partial charge in [-0.1, -0.05) is 43.3 Å². The molecule has 0 unspecified atom stereocenters. The Kier molecular flexibility index (Phi) is 6.11. The van der Waals surface area contributed by atoms with Gasteiger partial charge >= 0.3 is 5.97 Å². The molecular formula is C18H21NO4. The van der Waals surface area contributed by atoms with Crippen molar-refractivity contribution in [2.24, 2.45) is 0 Å². The maximum atomic E-state index is 12.4. The molecule has 0 aliphatic rings. The molecule has 0 heterocycles. The summed E-state index contributed by atoms with van der Waals surface area (Å²) in [7, 11) is 0. The van der Waals surface area contributed by atoms with Gasteiger partial charge in [-0.05, 0) is 23.3 Å². The van der Waals surface area contributed by atoms with Crippen LogP contribution in [0.5, 0.6) is 0 Å². The van der Waals surface area contributed by atoms with E-state index in [4.69, 9.17) is 4.74 Å². The summed E-state index contributed by atoms with van der Waals surface area (Å²) in [5, 5.41) is 13.9. The number of benzene rings is 2. The standard InChI is InChI=1S/C18H21NO4/c1-2-6-17(21)23-12-14(11-20)19-18(22)16-10-5-8-13-7-3-4-9-15(13)16/h3-5,7-10,14,20H,2,6,11-12H2,1H3,(H,19,22)/t14-/m0/s1. The molecule has 2 aromatic carbocycles. The molecule has 0 radical (unpaired) electrons. The number of nitrogens with one attached hydrogen (secondary N) is 1. The molecule has 0 aliphatic heterocycles. The number of hydrogen-bond acceptors (Lipinski definition) is 4. The van der Waals surface area contributed by atoms with Gasteiger partial charge in [-0.3, -0.25) is 9.59 Å². The van der Waals surface area contributed by atoms with Gasteiger partial charge in [0.05, 0.1) is 12.6 Å². The fourth-order valence-electron chi connectivity index (χ4n) is 2.30. The number of amides is 1. The van der Waals surface area contributed by atoms with Crippen LogP contribution in [-0.4, -0.2) is 36.2 Å². The van der Waals surface area contributed by atoms with Crippen molar-refractivity contribution in [2.75, 3.05) is 13.2 Å². The molecule has 0 fully saturated rings. The third-order valence-electron chi connectivity index (χ3n) is 3.49. The van der Waals surface area contributed by atoms with Crippen molar-refractivity contribution in [1.29, 1.82) is 0 Å². The Balaban J connectivity index is 2.05. The van der Waals surface area contributed by atoms with Crippen LogP contribution in [-0.2, 0) is 9.53 Å². The van der Waals surface area contributed by atoms with E-state index in [2.05, 4.69) is 5.32 Å². The summed E-state index contributed by atoms with van der Waals surface area (Å²) in [5.41, 5.74) is 0.529. The number of aliphatic hydroxyl groups is 1. The quantitative estimate of drug-likeness (QED) is 0.769. The molecular weight excluding hydrogens is 294 g/mol. The minimum Gasteiger partial charge on any atom is -0.463 e. The molecule has 1 atom stereocenters. The summed E-state index contributed by atoms with van der Waals surface area (Å²) >= 11 is 0. The number of esters is 1. The van der Waals surface area contributed by atoms with Crippen molar-refractivity contribution in [1.82, 2.24) is 5.32 Å².